The predicted molar refractivity (Wildman–Crippen MR) is 49.3 cm³/mol. The lowest BCUT2D eigenvalue weighted by molar-refractivity contribution is -0.140. The van der Waals surface area contributed by atoms with E-state index >= 15 is 0 Å². The molecule has 0 aromatic rings. The summed E-state index contributed by atoms with van der Waals surface area (Å²) in [5.74, 6) is 0.199. The first-order valence-corrected chi connectivity index (χ1v) is 5.14. The highest BCUT2D eigenvalue weighted by Crippen LogP contribution is 2.57. The molecule has 2 rings (SSSR count). The zero-order chi connectivity index (χ0) is 9.53. The number of hydrogen-bond acceptors (Lipinski definition) is 2. The highest BCUT2D eigenvalue weighted by atomic mass is 16.1. The summed E-state index contributed by atoms with van der Waals surface area (Å²) in [5.41, 5.74) is -0.602. The molecule has 2 saturated carbocycles. The van der Waals surface area contributed by atoms with Gasteiger partial charge >= 0.3 is 0 Å². The van der Waals surface area contributed by atoms with Gasteiger partial charge in [0, 0.05) is 6.42 Å². The molecule has 0 aromatic carbocycles. The molecule has 0 bridgehead atoms. The fourth-order valence-corrected chi connectivity index (χ4v) is 3.15. The number of carbonyl (C=O) groups is 2. The van der Waals surface area contributed by atoms with Gasteiger partial charge in [0.25, 0.3) is 0 Å². The molecule has 2 heteroatoms. The van der Waals surface area contributed by atoms with Gasteiger partial charge in [-0.2, -0.15) is 0 Å². The first-order chi connectivity index (χ1) is 6.15. The monoisotopic (exact) mass is 180 g/mol. The normalized spacial score (nSPS) is 44.5. The molecule has 2 atom stereocenters. The van der Waals surface area contributed by atoms with Crippen molar-refractivity contribution in [3.05, 3.63) is 0 Å². The Kier molecular flexibility index (Phi) is 1.83. The molecule has 2 aliphatic rings. The summed E-state index contributed by atoms with van der Waals surface area (Å²) in [7, 11) is 0. The van der Waals surface area contributed by atoms with Gasteiger partial charge in [-0.1, -0.05) is 19.8 Å². The fourth-order valence-electron chi connectivity index (χ4n) is 3.15. The number of Topliss-reactive ketones (excluding diaryl/α,β-unsaturated/α-hetero) is 1. The summed E-state index contributed by atoms with van der Waals surface area (Å²) in [4.78, 5) is 22.9. The molecular weight excluding hydrogens is 164 g/mol. The van der Waals surface area contributed by atoms with Crippen molar-refractivity contribution < 1.29 is 9.59 Å². The van der Waals surface area contributed by atoms with Crippen LogP contribution in [0.15, 0.2) is 0 Å². The van der Waals surface area contributed by atoms with Crippen LogP contribution in [0.25, 0.3) is 0 Å². The Morgan fingerprint density at radius 1 is 1.23 bits per heavy atom. The summed E-state index contributed by atoms with van der Waals surface area (Å²) in [5, 5.41) is 0. The molecule has 72 valence electrons. The van der Waals surface area contributed by atoms with Crippen LogP contribution >= 0.6 is 0 Å². The lowest BCUT2D eigenvalue weighted by Crippen LogP contribution is -2.43. The molecule has 0 radical (unpaired) electrons. The lowest BCUT2D eigenvalue weighted by atomic mass is 9.59. The van der Waals surface area contributed by atoms with Crippen LogP contribution in [0, 0.1) is 10.8 Å². The maximum Gasteiger partial charge on any atom is 0.146 e. The minimum atomic E-state index is -0.592. The van der Waals surface area contributed by atoms with Crippen LogP contribution in [0.2, 0.25) is 0 Å². The maximum atomic E-state index is 11.7. The van der Waals surface area contributed by atoms with Crippen molar-refractivity contribution in [1.82, 2.24) is 0 Å². The molecule has 0 saturated heterocycles. The standard InChI is InChI=1S/C11H16O2/c1-10-5-2-3-6-11(10,8-12)9(13)4-7-10/h8H,2-7H2,1H3. The Bertz CT molecular complexity index is 259. The van der Waals surface area contributed by atoms with E-state index < -0.39 is 5.41 Å². The molecule has 0 amide bonds. The first kappa shape index (κ1) is 8.92. The van der Waals surface area contributed by atoms with Gasteiger partial charge < -0.3 is 4.79 Å². The highest BCUT2D eigenvalue weighted by molar-refractivity contribution is 6.01. The Morgan fingerprint density at radius 2 is 1.92 bits per heavy atom. The molecule has 0 aromatic heterocycles. The fraction of sp³-hybridized carbons (Fsp3) is 0.818. The summed E-state index contributed by atoms with van der Waals surface area (Å²) in [6.45, 7) is 2.12. The third-order valence-corrected chi connectivity index (χ3v) is 4.23. The number of rotatable bonds is 1. The number of fused-ring (bicyclic) bond motifs is 1. The topological polar surface area (TPSA) is 34.1 Å². The number of ketones is 1. The molecular formula is C11H16O2. The van der Waals surface area contributed by atoms with Gasteiger partial charge in [0.1, 0.15) is 12.1 Å². The van der Waals surface area contributed by atoms with Crippen LogP contribution in [-0.4, -0.2) is 12.1 Å². The highest BCUT2D eigenvalue weighted by Gasteiger charge is 2.58. The van der Waals surface area contributed by atoms with Crippen molar-refractivity contribution in [3.63, 3.8) is 0 Å². The number of aldehydes is 1. The van der Waals surface area contributed by atoms with E-state index in [9.17, 15) is 9.59 Å². The Labute approximate surface area is 78.7 Å². The second-order valence-corrected chi connectivity index (χ2v) is 4.78. The van der Waals surface area contributed by atoms with Crippen molar-refractivity contribution in [2.24, 2.45) is 10.8 Å². The molecule has 0 heterocycles. The Hall–Kier alpha value is -0.660. The van der Waals surface area contributed by atoms with Gasteiger partial charge in [-0.3, -0.25) is 4.79 Å². The third-order valence-electron chi connectivity index (χ3n) is 4.23. The second-order valence-electron chi connectivity index (χ2n) is 4.78. The van der Waals surface area contributed by atoms with Crippen LogP contribution in [0.5, 0.6) is 0 Å². The minimum absolute atomic E-state index is 0.00984. The molecule has 0 N–H and O–H groups in total. The van der Waals surface area contributed by atoms with Gasteiger partial charge in [0.15, 0.2) is 0 Å². The van der Waals surface area contributed by atoms with E-state index in [1.807, 2.05) is 0 Å². The molecule has 2 aliphatic carbocycles. The van der Waals surface area contributed by atoms with Crippen molar-refractivity contribution in [2.75, 3.05) is 0 Å². The van der Waals surface area contributed by atoms with Gasteiger partial charge in [-0.15, -0.1) is 0 Å². The molecule has 2 fully saturated rings. The number of hydrogen-bond donors (Lipinski definition) is 0. The largest absolute Gasteiger partial charge is 0.302 e. The second kappa shape index (κ2) is 2.66. The quantitative estimate of drug-likeness (QED) is 0.457. The average Bonchev–Trinajstić information content (AvgIpc) is 2.40. The lowest BCUT2D eigenvalue weighted by Gasteiger charge is -2.42. The van der Waals surface area contributed by atoms with Gasteiger partial charge in [0.05, 0.1) is 5.41 Å². The average molecular weight is 180 g/mol. The zero-order valence-electron chi connectivity index (χ0n) is 8.14. The smallest absolute Gasteiger partial charge is 0.146 e. The summed E-state index contributed by atoms with van der Waals surface area (Å²) in [6.07, 6.45) is 6.56. The van der Waals surface area contributed by atoms with Crippen LogP contribution in [0.4, 0.5) is 0 Å². The first-order valence-electron chi connectivity index (χ1n) is 5.14. The van der Waals surface area contributed by atoms with Crippen LogP contribution in [-0.2, 0) is 9.59 Å². The molecule has 0 aliphatic heterocycles. The molecule has 2 unspecified atom stereocenters. The van der Waals surface area contributed by atoms with E-state index in [1.54, 1.807) is 0 Å². The third kappa shape index (κ3) is 0.946. The van der Waals surface area contributed by atoms with E-state index in [-0.39, 0.29) is 11.2 Å². The summed E-state index contributed by atoms with van der Waals surface area (Å²) >= 11 is 0. The van der Waals surface area contributed by atoms with Gasteiger partial charge in [0.2, 0.25) is 0 Å². The van der Waals surface area contributed by atoms with E-state index in [4.69, 9.17) is 0 Å². The predicted octanol–water partition coefficient (Wildman–Crippen LogP) is 2.11. The minimum Gasteiger partial charge on any atom is -0.302 e. The van der Waals surface area contributed by atoms with Crippen molar-refractivity contribution in [2.45, 2.75) is 45.4 Å². The van der Waals surface area contributed by atoms with E-state index in [0.29, 0.717) is 6.42 Å². The van der Waals surface area contributed by atoms with E-state index in [2.05, 4.69) is 6.92 Å². The molecule has 2 nitrogen and oxygen atoms in total. The summed E-state index contributed by atoms with van der Waals surface area (Å²) < 4.78 is 0. The van der Waals surface area contributed by atoms with Crippen molar-refractivity contribution >= 4 is 12.1 Å². The van der Waals surface area contributed by atoms with E-state index in [0.717, 1.165) is 32.0 Å². The summed E-state index contributed by atoms with van der Waals surface area (Å²) in [6, 6.07) is 0. The van der Waals surface area contributed by atoms with Crippen LogP contribution in [0.1, 0.15) is 45.4 Å². The SMILES string of the molecule is CC12CCCCC1(C=O)C(=O)CC2. The maximum absolute atomic E-state index is 11.7. The molecule has 13 heavy (non-hydrogen) atoms. The van der Waals surface area contributed by atoms with Crippen molar-refractivity contribution in [3.8, 4) is 0 Å². The molecule has 0 spiro atoms. The Balaban J connectivity index is 2.43. The van der Waals surface area contributed by atoms with E-state index in [1.165, 1.54) is 6.42 Å². The van der Waals surface area contributed by atoms with Crippen LogP contribution < -0.4 is 0 Å². The zero-order valence-corrected chi connectivity index (χ0v) is 8.14. The van der Waals surface area contributed by atoms with Gasteiger partial charge in [-0.25, -0.2) is 0 Å². The van der Waals surface area contributed by atoms with Crippen LogP contribution in [0.3, 0.4) is 0 Å². The number of carbonyl (C=O) groups excluding carboxylic acids is 2. The van der Waals surface area contributed by atoms with Gasteiger partial charge in [-0.05, 0) is 24.7 Å². The Morgan fingerprint density at radius 3 is 2.54 bits per heavy atom. The van der Waals surface area contributed by atoms with Crippen molar-refractivity contribution in [1.29, 1.82) is 0 Å².